The summed E-state index contributed by atoms with van der Waals surface area (Å²) >= 11 is 0. The van der Waals surface area contributed by atoms with E-state index in [0.29, 0.717) is 55.1 Å². The van der Waals surface area contributed by atoms with Crippen LogP contribution in [0.25, 0.3) is 11.1 Å². The van der Waals surface area contributed by atoms with Crippen LogP contribution in [-0.2, 0) is 21.0 Å². The number of aliphatic hydroxyl groups excluding tert-OH is 2. The Hall–Kier alpha value is -3.75. The SMILES string of the molecule is COc1c(CN2O[C@@H](CO)[C@H]([C@H](C)O)[C@H]2C(=O)N[C@H]2C[C@@H]3C[C@@H]([C@@H]2C)C3(C)C)cccc1-c1cc(C(=O)N2CCC[C@H]2C(=O)NCCN(C)C)cc(N(C)C)c1. The number of hydroxylamine groups is 2. The number of methoxy groups -OCH3 is 1. The first-order valence-electron chi connectivity index (χ1n) is 20.3. The lowest BCUT2D eigenvalue weighted by Crippen LogP contribution is -2.62. The molecule has 9 atom stereocenters. The van der Waals surface area contributed by atoms with E-state index in [4.69, 9.17) is 9.57 Å². The van der Waals surface area contributed by atoms with Crippen LogP contribution in [0.1, 0.15) is 69.3 Å². The van der Waals surface area contributed by atoms with Gasteiger partial charge >= 0.3 is 0 Å². The summed E-state index contributed by atoms with van der Waals surface area (Å²) in [4.78, 5) is 53.6. The molecule has 3 amide bonds. The Morgan fingerprint density at radius 3 is 2.46 bits per heavy atom. The van der Waals surface area contributed by atoms with Crippen molar-refractivity contribution < 1.29 is 34.2 Å². The van der Waals surface area contributed by atoms with Crippen LogP contribution >= 0.6 is 0 Å². The Labute approximate surface area is 332 Å². The molecule has 0 radical (unpaired) electrons. The van der Waals surface area contributed by atoms with E-state index in [9.17, 15) is 24.6 Å². The summed E-state index contributed by atoms with van der Waals surface area (Å²) in [6.07, 6.45) is 1.78. The summed E-state index contributed by atoms with van der Waals surface area (Å²) in [5, 5.41) is 29.3. The molecule has 5 aliphatic rings. The lowest BCUT2D eigenvalue weighted by atomic mass is 9.45. The number of fused-ring (bicyclic) bond motifs is 2. The average molecular weight is 777 g/mol. The minimum absolute atomic E-state index is 0.0241. The molecule has 2 saturated heterocycles. The molecular formula is C43H64N6O7. The van der Waals surface area contributed by atoms with Crippen molar-refractivity contribution in [2.45, 2.75) is 90.3 Å². The number of carbonyl (C=O) groups excluding carboxylic acids is 3. The maximum atomic E-state index is 14.3. The number of likely N-dealkylation sites (tertiary alicyclic amines) is 1. The Balaban J connectivity index is 1.28. The first kappa shape index (κ1) is 41.9. The summed E-state index contributed by atoms with van der Waals surface area (Å²) in [5.74, 6) is 0.758. The molecule has 0 aromatic heterocycles. The molecule has 13 heteroatoms. The number of hydrogen-bond acceptors (Lipinski definition) is 10. The van der Waals surface area contributed by atoms with Crippen molar-refractivity contribution >= 4 is 23.4 Å². The van der Waals surface area contributed by atoms with Gasteiger partial charge < -0.3 is 40.3 Å². The zero-order valence-corrected chi connectivity index (χ0v) is 34.7. The first-order chi connectivity index (χ1) is 26.6. The van der Waals surface area contributed by atoms with Gasteiger partial charge in [0.05, 0.1) is 26.4 Å². The van der Waals surface area contributed by atoms with Crippen LogP contribution in [0.5, 0.6) is 5.75 Å². The number of rotatable bonds is 14. The van der Waals surface area contributed by atoms with Crippen LogP contribution in [0.3, 0.4) is 0 Å². The Bertz CT molecular complexity index is 1750. The van der Waals surface area contributed by atoms with Gasteiger partial charge in [0.2, 0.25) is 11.8 Å². The number of aliphatic hydroxyl groups is 2. The van der Waals surface area contributed by atoms with Crippen LogP contribution in [0, 0.1) is 29.1 Å². The Kier molecular flexibility index (Phi) is 12.7. The third-order valence-corrected chi connectivity index (χ3v) is 13.4. The summed E-state index contributed by atoms with van der Waals surface area (Å²) in [5.41, 5.74) is 3.78. The Morgan fingerprint density at radius 1 is 1.09 bits per heavy atom. The van der Waals surface area contributed by atoms with Gasteiger partial charge in [0.15, 0.2) is 0 Å². The number of ether oxygens (including phenoxy) is 1. The molecule has 3 saturated carbocycles. The topological polar surface area (TPSA) is 147 Å². The summed E-state index contributed by atoms with van der Waals surface area (Å²) in [6.45, 7) is 10.0. The van der Waals surface area contributed by atoms with E-state index in [-0.39, 0.29) is 42.3 Å². The number of anilines is 1. The third-order valence-electron chi connectivity index (χ3n) is 13.4. The van der Waals surface area contributed by atoms with Crippen LogP contribution in [-0.4, -0.2) is 135 Å². The second kappa shape index (κ2) is 17.0. The molecular weight excluding hydrogens is 713 g/mol. The molecule has 3 aliphatic carbocycles. The molecule has 4 N–H and O–H groups in total. The fourth-order valence-corrected chi connectivity index (χ4v) is 9.95. The van der Waals surface area contributed by atoms with Gasteiger partial charge in [-0.1, -0.05) is 39.0 Å². The first-order valence-corrected chi connectivity index (χ1v) is 20.3. The van der Waals surface area contributed by atoms with E-state index in [2.05, 4.69) is 31.4 Å². The predicted molar refractivity (Wildman–Crippen MR) is 216 cm³/mol. The molecule has 7 rings (SSSR count). The molecule has 56 heavy (non-hydrogen) atoms. The van der Waals surface area contributed by atoms with Gasteiger partial charge in [-0.2, -0.15) is 5.06 Å². The lowest BCUT2D eigenvalue weighted by molar-refractivity contribution is -0.183. The standard InChI is InChI=1S/C43H64N6O7/c1-25-33-21-30(43(33,3)4)22-34(25)45-41(53)38-37(26(2)51)36(24-50)56-49(38)23-27-12-10-13-32(39(27)55-9)28-18-29(20-31(19-28)47(7)8)42(54)48-16-11-14-35(48)40(52)44-15-17-46(5)6/h10,12-13,18-20,25-26,30,33-38,50-51H,11,14-17,21-24H2,1-9H3,(H,44,52)(H,45,53)/t25-,26-,30-,33-,34-,35-,36-,37-,38-/m0/s1. The molecule has 0 spiro atoms. The van der Waals surface area contributed by atoms with Gasteiger partial charge in [-0.25, -0.2) is 0 Å². The molecule has 5 fully saturated rings. The molecule has 2 aliphatic heterocycles. The van der Waals surface area contributed by atoms with Crippen molar-refractivity contribution in [3.63, 3.8) is 0 Å². The van der Waals surface area contributed by atoms with Crippen molar-refractivity contribution in [2.75, 3.05) is 66.4 Å². The van der Waals surface area contributed by atoms with Crippen LogP contribution in [0.4, 0.5) is 5.69 Å². The molecule has 0 unspecified atom stereocenters. The molecule has 2 heterocycles. The van der Waals surface area contributed by atoms with E-state index >= 15 is 0 Å². The monoisotopic (exact) mass is 776 g/mol. The third kappa shape index (κ3) is 8.16. The quantitative estimate of drug-likeness (QED) is 0.225. The van der Waals surface area contributed by atoms with E-state index in [1.807, 2.05) is 74.4 Å². The number of para-hydroxylation sites is 1. The highest BCUT2D eigenvalue weighted by Crippen LogP contribution is 2.61. The van der Waals surface area contributed by atoms with Crippen molar-refractivity contribution in [3.05, 3.63) is 47.5 Å². The number of nitrogens with zero attached hydrogens (tertiary/aromatic N) is 4. The van der Waals surface area contributed by atoms with Crippen molar-refractivity contribution in [2.24, 2.45) is 29.1 Å². The number of hydrogen-bond donors (Lipinski definition) is 4. The zero-order chi connectivity index (χ0) is 40.6. The minimum atomic E-state index is -0.915. The maximum absolute atomic E-state index is 14.3. The number of benzene rings is 2. The smallest absolute Gasteiger partial charge is 0.254 e. The van der Waals surface area contributed by atoms with E-state index in [0.717, 1.165) is 35.2 Å². The molecule has 13 nitrogen and oxygen atoms in total. The zero-order valence-electron chi connectivity index (χ0n) is 34.7. The minimum Gasteiger partial charge on any atom is -0.496 e. The van der Waals surface area contributed by atoms with Gasteiger partial charge in [-0.15, -0.1) is 0 Å². The van der Waals surface area contributed by atoms with Crippen molar-refractivity contribution in [1.82, 2.24) is 25.5 Å². The highest BCUT2D eigenvalue weighted by molar-refractivity contribution is 6.00. The highest BCUT2D eigenvalue weighted by atomic mass is 16.7. The van der Waals surface area contributed by atoms with Crippen molar-refractivity contribution in [3.8, 4) is 16.9 Å². The highest BCUT2D eigenvalue weighted by Gasteiger charge is 2.57. The summed E-state index contributed by atoms with van der Waals surface area (Å²) < 4.78 is 6.09. The van der Waals surface area contributed by atoms with Crippen LogP contribution in [0.15, 0.2) is 36.4 Å². The number of amides is 3. The fourth-order valence-electron chi connectivity index (χ4n) is 9.95. The van der Waals surface area contributed by atoms with E-state index in [1.165, 1.54) is 6.42 Å². The van der Waals surface area contributed by atoms with Gasteiger partial charge in [0, 0.05) is 68.1 Å². The van der Waals surface area contributed by atoms with Crippen LogP contribution in [0.2, 0.25) is 0 Å². The largest absolute Gasteiger partial charge is 0.496 e. The number of carbonyl (C=O) groups is 3. The molecule has 2 bridgehead atoms. The molecule has 2 aromatic carbocycles. The Morgan fingerprint density at radius 2 is 1.84 bits per heavy atom. The normalized spacial score (nSPS) is 28.8. The van der Waals surface area contributed by atoms with Gasteiger partial charge in [-0.05, 0) is 93.6 Å². The average Bonchev–Trinajstić information content (AvgIpc) is 3.80. The van der Waals surface area contributed by atoms with E-state index in [1.54, 1.807) is 24.0 Å². The summed E-state index contributed by atoms with van der Waals surface area (Å²) in [7, 11) is 9.33. The fraction of sp³-hybridized carbons (Fsp3) is 0.651. The maximum Gasteiger partial charge on any atom is 0.254 e. The van der Waals surface area contributed by atoms with Crippen molar-refractivity contribution in [1.29, 1.82) is 0 Å². The second-order valence-electron chi connectivity index (χ2n) is 17.6. The second-order valence-corrected chi connectivity index (χ2v) is 17.6. The van der Waals surface area contributed by atoms with Gasteiger partial charge in [0.25, 0.3) is 5.91 Å². The number of likely N-dealkylation sites (N-methyl/N-ethyl adjacent to an activating group) is 1. The van der Waals surface area contributed by atoms with Gasteiger partial charge in [0.1, 0.15) is 23.9 Å². The lowest BCUT2D eigenvalue weighted by Gasteiger charge is -2.62. The van der Waals surface area contributed by atoms with Crippen LogP contribution < -0.4 is 20.3 Å². The molecule has 308 valence electrons. The van der Waals surface area contributed by atoms with E-state index < -0.39 is 30.2 Å². The number of nitrogens with one attached hydrogen (secondary N) is 2. The summed E-state index contributed by atoms with van der Waals surface area (Å²) in [6, 6.07) is 10.1. The molecule has 2 aromatic rings. The predicted octanol–water partition coefficient (Wildman–Crippen LogP) is 3.37. The van der Waals surface area contributed by atoms with Gasteiger partial charge in [-0.3, -0.25) is 19.2 Å².